The Morgan fingerprint density at radius 2 is 1.87 bits per heavy atom. The molecular weight excluding hydrogens is 498 g/mol. The molecule has 0 aliphatic rings. The van der Waals surface area contributed by atoms with Crippen LogP contribution in [0.25, 0.3) is 17.1 Å². The molecule has 1 heterocycles. The van der Waals surface area contributed by atoms with Crippen LogP contribution in [0.15, 0.2) is 83.1 Å². The molecule has 1 aromatic heterocycles. The largest absolute Gasteiger partial charge is 0.870 e. The minimum absolute atomic E-state index is 0.0594. The summed E-state index contributed by atoms with van der Waals surface area (Å²) in [4.78, 5) is 12.5. The number of hydrogen-bond acceptors (Lipinski definition) is 6. The Kier molecular flexibility index (Phi) is 8.48. The van der Waals surface area contributed by atoms with Gasteiger partial charge in [0.2, 0.25) is 0 Å². The molecule has 9 heteroatoms. The number of carbonyl (C=O) groups is 1. The maximum atomic E-state index is 12.5. The molecule has 0 unspecified atom stereocenters. The number of nitrogens with one attached hydrogen (secondary N) is 2. The van der Waals surface area contributed by atoms with Crippen molar-refractivity contribution < 1.29 is 19.2 Å². The zero-order chi connectivity index (χ0) is 27.1. The molecule has 8 nitrogen and oxygen atoms in total. The Hall–Kier alpha value is -4.11. The molecule has 0 aliphatic heterocycles. The Morgan fingerprint density at radius 1 is 1.13 bits per heavy atom. The molecule has 4 rings (SSSR count). The molecule has 3 aromatic carbocycles. The van der Waals surface area contributed by atoms with Crippen LogP contribution in [0.4, 0.5) is 0 Å². The fourth-order valence-electron chi connectivity index (χ4n) is 3.75. The number of para-hydroxylation sites is 1. The Labute approximate surface area is 226 Å². The number of nitrogens with zero attached hydrogens (tertiary/aromatic N) is 3. The number of thioether (sulfide) groups is 1. The maximum Gasteiger partial charge on any atom is 0.342 e. The molecule has 196 valence electrons. The van der Waals surface area contributed by atoms with E-state index in [0.717, 1.165) is 17.1 Å². The number of ether oxygens (including phenoxy) is 1. The second kappa shape index (κ2) is 12.0. The summed E-state index contributed by atoms with van der Waals surface area (Å²) in [5.74, 6) is 0.715. The third kappa shape index (κ3) is 6.60. The van der Waals surface area contributed by atoms with Crippen molar-refractivity contribution in [3.63, 3.8) is 0 Å². The molecule has 38 heavy (non-hydrogen) atoms. The molecule has 0 bridgehead atoms. The lowest BCUT2D eigenvalue weighted by molar-refractivity contribution is -0.625. The van der Waals surface area contributed by atoms with Gasteiger partial charge in [0.05, 0.1) is 29.2 Å². The van der Waals surface area contributed by atoms with Crippen molar-refractivity contribution in [3.8, 4) is 28.6 Å². The first-order valence-corrected chi connectivity index (χ1v) is 13.3. The number of H-pyrrole nitrogens is 1. The summed E-state index contributed by atoms with van der Waals surface area (Å²) < 4.78 is 7.32. The number of amides is 1. The van der Waals surface area contributed by atoms with Crippen LogP contribution < -0.4 is 19.8 Å². The summed E-state index contributed by atoms with van der Waals surface area (Å²) in [7, 11) is 0. The van der Waals surface area contributed by atoms with Crippen LogP contribution in [-0.2, 0) is 10.2 Å². The summed E-state index contributed by atoms with van der Waals surface area (Å²) >= 11 is 1.30. The molecule has 0 saturated heterocycles. The van der Waals surface area contributed by atoms with E-state index < -0.39 is 0 Å². The van der Waals surface area contributed by atoms with Crippen molar-refractivity contribution in [2.24, 2.45) is 5.10 Å². The first-order valence-electron chi connectivity index (χ1n) is 12.3. The summed E-state index contributed by atoms with van der Waals surface area (Å²) in [5.41, 5.74) is 6.41. The molecule has 0 aliphatic carbocycles. The van der Waals surface area contributed by atoms with Crippen LogP contribution in [0.5, 0.6) is 11.5 Å². The molecule has 0 atom stereocenters. The van der Waals surface area contributed by atoms with Gasteiger partial charge in [0.15, 0.2) is 0 Å². The normalized spacial score (nSPS) is 11.6. The highest BCUT2D eigenvalue weighted by atomic mass is 32.2. The van der Waals surface area contributed by atoms with Crippen LogP contribution in [0.3, 0.4) is 0 Å². The number of benzene rings is 3. The van der Waals surface area contributed by atoms with E-state index in [4.69, 9.17) is 4.74 Å². The third-order valence-corrected chi connectivity index (χ3v) is 6.65. The van der Waals surface area contributed by atoms with Crippen LogP contribution in [0, 0.1) is 0 Å². The van der Waals surface area contributed by atoms with Crippen molar-refractivity contribution in [1.29, 1.82) is 0 Å². The smallest absolute Gasteiger partial charge is 0.342 e. The Balaban J connectivity index is 1.48. The maximum absolute atomic E-state index is 12.5. The van der Waals surface area contributed by atoms with Crippen molar-refractivity contribution in [1.82, 2.24) is 15.6 Å². The summed E-state index contributed by atoms with van der Waals surface area (Å²) in [6, 6.07) is 23.0. The second-order valence-electron chi connectivity index (χ2n) is 9.57. The van der Waals surface area contributed by atoms with E-state index in [1.54, 1.807) is 12.1 Å². The number of aromatic nitrogens is 3. The third-order valence-electron chi connectivity index (χ3n) is 5.71. The van der Waals surface area contributed by atoms with Crippen molar-refractivity contribution in [3.05, 3.63) is 83.9 Å². The molecule has 0 radical (unpaired) electrons. The lowest BCUT2D eigenvalue weighted by Crippen LogP contribution is -2.34. The van der Waals surface area contributed by atoms with E-state index >= 15 is 0 Å². The number of rotatable bonds is 9. The van der Waals surface area contributed by atoms with Gasteiger partial charge in [-0.05, 0) is 65.6 Å². The van der Waals surface area contributed by atoms with Gasteiger partial charge >= 0.3 is 5.16 Å². The summed E-state index contributed by atoms with van der Waals surface area (Å²) in [5, 5.41) is 24.1. The molecule has 1 amide bonds. The summed E-state index contributed by atoms with van der Waals surface area (Å²) in [6.07, 6.45) is 1.47. The number of aromatic amines is 1. The standard InChI is InChI=1S/C29H31N5O3S/c1-5-37-25-17-20(11-16-24(25)35)18-30-31-26(36)19-38-28-33-32-27(34(28)23-9-7-6-8-10-23)21-12-14-22(15-13-21)29(2,3)4/h6-18H,5,19H2,1-4H3,(H2,30,31,35,36). The lowest BCUT2D eigenvalue weighted by Gasteiger charge is -2.18. The van der Waals surface area contributed by atoms with Crippen molar-refractivity contribution >= 4 is 23.9 Å². The average molecular weight is 530 g/mol. The van der Waals surface area contributed by atoms with E-state index in [1.807, 2.05) is 41.8 Å². The van der Waals surface area contributed by atoms with Gasteiger partial charge in [-0.25, -0.2) is 5.43 Å². The van der Waals surface area contributed by atoms with Crippen molar-refractivity contribution in [2.75, 3.05) is 12.4 Å². The number of hydrazone groups is 1. The molecule has 4 aromatic rings. The van der Waals surface area contributed by atoms with E-state index in [2.05, 4.69) is 65.8 Å². The van der Waals surface area contributed by atoms with Crippen LogP contribution in [0.2, 0.25) is 0 Å². The van der Waals surface area contributed by atoms with E-state index in [0.29, 0.717) is 17.3 Å². The topological polar surface area (TPSA) is 106 Å². The van der Waals surface area contributed by atoms with E-state index in [-0.39, 0.29) is 28.6 Å². The lowest BCUT2D eigenvalue weighted by atomic mass is 9.87. The Morgan fingerprint density at radius 3 is 2.55 bits per heavy atom. The zero-order valence-corrected chi connectivity index (χ0v) is 22.7. The van der Waals surface area contributed by atoms with Gasteiger partial charge in [0, 0.05) is 0 Å². The van der Waals surface area contributed by atoms with Gasteiger partial charge < -0.3 is 9.84 Å². The average Bonchev–Trinajstić information content (AvgIpc) is 3.33. The van der Waals surface area contributed by atoms with Crippen LogP contribution in [0.1, 0.15) is 38.8 Å². The highest BCUT2D eigenvalue weighted by molar-refractivity contribution is 7.99. The molecular formula is C29H31N5O3S. The second-order valence-corrected chi connectivity index (χ2v) is 10.5. The number of carbonyl (C=O) groups excluding carboxylic acids is 1. The number of hydrogen-bond donors (Lipinski definition) is 2. The van der Waals surface area contributed by atoms with Gasteiger partial charge in [0.25, 0.3) is 11.7 Å². The fourth-order valence-corrected chi connectivity index (χ4v) is 4.51. The van der Waals surface area contributed by atoms with Gasteiger partial charge in [-0.15, -0.1) is 5.10 Å². The zero-order valence-electron chi connectivity index (χ0n) is 21.9. The van der Waals surface area contributed by atoms with Crippen LogP contribution >= 0.6 is 11.8 Å². The molecule has 2 N–H and O–H groups in total. The minimum Gasteiger partial charge on any atom is -0.870 e. The van der Waals surface area contributed by atoms with Gasteiger partial charge in [-0.2, -0.15) is 9.67 Å². The van der Waals surface area contributed by atoms with E-state index in [9.17, 15) is 9.90 Å². The minimum atomic E-state index is -0.282. The Bertz CT molecular complexity index is 1410. The summed E-state index contributed by atoms with van der Waals surface area (Å²) in [6.45, 7) is 8.76. The fraction of sp³-hybridized carbons (Fsp3) is 0.241. The highest BCUT2D eigenvalue weighted by Gasteiger charge is 2.25. The highest BCUT2D eigenvalue weighted by Crippen LogP contribution is 2.26. The predicted molar refractivity (Wildman–Crippen MR) is 148 cm³/mol. The quantitative estimate of drug-likeness (QED) is 0.145. The molecule has 0 fully saturated rings. The van der Waals surface area contributed by atoms with Gasteiger partial charge in [-0.1, -0.05) is 69.0 Å². The first-order chi connectivity index (χ1) is 18.3. The molecule has 0 spiro atoms. The van der Waals surface area contributed by atoms with Gasteiger partial charge in [0.1, 0.15) is 11.4 Å². The van der Waals surface area contributed by atoms with E-state index in [1.165, 1.54) is 29.6 Å². The first kappa shape index (κ1) is 26.9. The monoisotopic (exact) mass is 529 g/mol. The van der Waals surface area contributed by atoms with Crippen molar-refractivity contribution in [2.45, 2.75) is 38.3 Å². The molecule has 0 saturated carbocycles. The van der Waals surface area contributed by atoms with Crippen LogP contribution in [-0.4, -0.2) is 34.7 Å². The SMILES string of the molecule is CCOc1cc(C=NNC(=O)CSc2n[nH]c(-c3ccc(C(C)(C)C)cc3)[n+]2-c2ccccc2)ccc1[O-]. The predicted octanol–water partition coefficient (Wildman–Crippen LogP) is 4.37. The van der Waals surface area contributed by atoms with Gasteiger partial charge in [-0.3, -0.25) is 4.79 Å².